The molecule has 0 atom stereocenters. The highest BCUT2D eigenvalue weighted by atomic mass is 32.2. The minimum atomic E-state index is 0.0105. The van der Waals surface area contributed by atoms with Crippen molar-refractivity contribution in [3.05, 3.63) is 30.3 Å². The Labute approximate surface area is 94.5 Å². The van der Waals surface area contributed by atoms with E-state index in [1.165, 1.54) is 4.90 Å². The quantitative estimate of drug-likeness (QED) is 0.605. The Kier molecular flexibility index (Phi) is 5.42. The Balaban J connectivity index is 2.17. The zero-order chi connectivity index (χ0) is 10.9. The lowest BCUT2D eigenvalue weighted by Crippen LogP contribution is -2.23. The Morgan fingerprint density at radius 3 is 2.80 bits per heavy atom. The molecular formula is C12H13NOS. The van der Waals surface area contributed by atoms with Crippen LogP contribution >= 0.6 is 11.8 Å². The smallest absolute Gasteiger partial charge is 0.221 e. The number of nitrogens with one attached hydrogen (secondary N) is 1. The van der Waals surface area contributed by atoms with Gasteiger partial charge in [-0.05, 0) is 12.1 Å². The van der Waals surface area contributed by atoms with E-state index in [2.05, 4.69) is 11.2 Å². The third-order valence-corrected chi connectivity index (χ3v) is 2.74. The monoisotopic (exact) mass is 219 g/mol. The largest absolute Gasteiger partial charge is 0.345 e. The van der Waals surface area contributed by atoms with E-state index in [0.717, 1.165) is 5.75 Å². The maximum atomic E-state index is 11.2. The molecule has 0 saturated carbocycles. The van der Waals surface area contributed by atoms with Gasteiger partial charge in [-0.2, -0.15) is 0 Å². The van der Waals surface area contributed by atoms with Crippen molar-refractivity contribution in [1.29, 1.82) is 0 Å². The SMILES string of the molecule is C#CCNC(=O)CCSc1ccccc1. The van der Waals surface area contributed by atoms with Crippen LogP contribution in [0.1, 0.15) is 6.42 Å². The standard InChI is InChI=1S/C12H13NOS/c1-2-9-13-12(14)8-10-15-11-6-4-3-5-7-11/h1,3-7H,8-10H2,(H,13,14). The molecule has 78 valence electrons. The van der Waals surface area contributed by atoms with Crippen LogP contribution < -0.4 is 5.32 Å². The summed E-state index contributed by atoms with van der Waals surface area (Å²) < 4.78 is 0. The van der Waals surface area contributed by atoms with E-state index in [9.17, 15) is 4.79 Å². The zero-order valence-corrected chi connectivity index (χ0v) is 9.22. The first kappa shape index (κ1) is 11.7. The van der Waals surface area contributed by atoms with Gasteiger partial charge in [0.1, 0.15) is 0 Å². The molecule has 0 aliphatic rings. The van der Waals surface area contributed by atoms with Gasteiger partial charge < -0.3 is 5.32 Å². The molecule has 1 aromatic rings. The number of hydrogen-bond donors (Lipinski definition) is 1. The summed E-state index contributed by atoms with van der Waals surface area (Å²) in [6.45, 7) is 0.314. The highest BCUT2D eigenvalue weighted by Crippen LogP contribution is 2.17. The molecular weight excluding hydrogens is 206 g/mol. The first-order chi connectivity index (χ1) is 7.33. The van der Waals surface area contributed by atoms with Crippen LogP contribution in [0.3, 0.4) is 0 Å². The topological polar surface area (TPSA) is 29.1 Å². The van der Waals surface area contributed by atoms with Crippen LogP contribution in [0.2, 0.25) is 0 Å². The normalized spacial score (nSPS) is 9.27. The average Bonchev–Trinajstić information content (AvgIpc) is 2.28. The number of carbonyl (C=O) groups is 1. The summed E-state index contributed by atoms with van der Waals surface area (Å²) in [6, 6.07) is 10.0. The van der Waals surface area contributed by atoms with Gasteiger partial charge in [0.2, 0.25) is 5.91 Å². The van der Waals surface area contributed by atoms with E-state index in [1.54, 1.807) is 11.8 Å². The number of benzene rings is 1. The molecule has 0 bridgehead atoms. The highest BCUT2D eigenvalue weighted by molar-refractivity contribution is 7.99. The van der Waals surface area contributed by atoms with E-state index in [-0.39, 0.29) is 5.91 Å². The van der Waals surface area contributed by atoms with Gasteiger partial charge in [-0.15, -0.1) is 18.2 Å². The number of thioether (sulfide) groups is 1. The summed E-state index contributed by atoms with van der Waals surface area (Å²) in [5, 5.41) is 2.63. The van der Waals surface area contributed by atoms with Crippen molar-refractivity contribution in [3.8, 4) is 12.3 Å². The molecule has 1 rings (SSSR count). The molecule has 0 unspecified atom stereocenters. The Morgan fingerprint density at radius 2 is 2.13 bits per heavy atom. The lowest BCUT2D eigenvalue weighted by Gasteiger charge is -2.01. The predicted octanol–water partition coefficient (Wildman–Crippen LogP) is 1.92. The Morgan fingerprint density at radius 1 is 1.40 bits per heavy atom. The highest BCUT2D eigenvalue weighted by Gasteiger charge is 1.99. The van der Waals surface area contributed by atoms with Crippen LogP contribution in [-0.2, 0) is 4.79 Å². The second-order valence-electron chi connectivity index (χ2n) is 2.89. The van der Waals surface area contributed by atoms with Crippen LogP contribution in [0, 0.1) is 12.3 Å². The van der Waals surface area contributed by atoms with Gasteiger partial charge in [-0.1, -0.05) is 24.1 Å². The lowest BCUT2D eigenvalue weighted by atomic mass is 10.4. The average molecular weight is 219 g/mol. The molecule has 0 aliphatic carbocycles. The second kappa shape index (κ2) is 6.97. The van der Waals surface area contributed by atoms with Gasteiger partial charge in [0, 0.05) is 17.1 Å². The minimum absolute atomic E-state index is 0.0105. The molecule has 0 aromatic heterocycles. The van der Waals surface area contributed by atoms with Crippen molar-refractivity contribution in [2.75, 3.05) is 12.3 Å². The van der Waals surface area contributed by atoms with Gasteiger partial charge >= 0.3 is 0 Å². The molecule has 0 heterocycles. The summed E-state index contributed by atoms with van der Waals surface area (Å²) in [6.07, 6.45) is 5.53. The molecule has 1 aromatic carbocycles. The maximum absolute atomic E-state index is 11.2. The van der Waals surface area contributed by atoms with Crippen LogP contribution in [0.15, 0.2) is 35.2 Å². The summed E-state index contributed by atoms with van der Waals surface area (Å²) >= 11 is 1.67. The van der Waals surface area contributed by atoms with Crippen LogP contribution in [-0.4, -0.2) is 18.2 Å². The van der Waals surface area contributed by atoms with Gasteiger partial charge in [0.05, 0.1) is 6.54 Å². The predicted molar refractivity (Wildman–Crippen MR) is 63.6 cm³/mol. The fourth-order valence-electron chi connectivity index (χ4n) is 1.02. The number of terminal acetylenes is 1. The molecule has 15 heavy (non-hydrogen) atoms. The van der Waals surface area contributed by atoms with Crippen molar-refractivity contribution >= 4 is 17.7 Å². The summed E-state index contributed by atoms with van der Waals surface area (Å²) in [5.74, 6) is 3.16. The number of carbonyl (C=O) groups excluding carboxylic acids is 1. The van der Waals surface area contributed by atoms with E-state index in [0.29, 0.717) is 13.0 Å². The molecule has 1 amide bonds. The molecule has 0 aliphatic heterocycles. The van der Waals surface area contributed by atoms with Crippen LogP contribution in [0.4, 0.5) is 0 Å². The molecule has 2 nitrogen and oxygen atoms in total. The first-order valence-corrected chi connectivity index (χ1v) is 5.69. The van der Waals surface area contributed by atoms with E-state index < -0.39 is 0 Å². The van der Waals surface area contributed by atoms with E-state index in [4.69, 9.17) is 6.42 Å². The van der Waals surface area contributed by atoms with E-state index in [1.807, 2.05) is 30.3 Å². The number of amides is 1. The van der Waals surface area contributed by atoms with Crippen molar-refractivity contribution in [2.45, 2.75) is 11.3 Å². The van der Waals surface area contributed by atoms with Crippen molar-refractivity contribution < 1.29 is 4.79 Å². The summed E-state index contributed by atoms with van der Waals surface area (Å²) in [5.41, 5.74) is 0. The van der Waals surface area contributed by atoms with Crippen molar-refractivity contribution in [1.82, 2.24) is 5.32 Å². The van der Waals surface area contributed by atoms with Gasteiger partial charge in [0.25, 0.3) is 0 Å². The molecule has 0 radical (unpaired) electrons. The molecule has 0 spiro atoms. The fraction of sp³-hybridized carbons (Fsp3) is 0.250. The molecule has 1 N–H and O–H groups in total. The van der Waals surface area contributed by atoms with E-state index >= 15 is 0 Å². The second-order valence-corrected chi connectivity index (χ2v) is 4.06. The van der Waals surface area contributed by atoms with Gasteiger partial charge in [-0.3, -0.25) is 4.79 Å². The van der Waals surface area contributed by atoms with Crippen molar-refractivity contribution in [3.63, 3.8) is 0 Å². The first-order valence-electron chi connectivity index (χ1n) is 4.71. The molecule has 0 fully saturated rings. The summed E-state index contributed by atoms with van der Waals surface area (Å²) in [7, 11) is 0. The Hall–Kier alpha value is -1.40. The van der Waals surface area contributed by atoms with Gasteiger partial charge in [-0.25, -0.2) is 0 Å². The van der Waals surface area contributed by atoms with Gasteiger partial charge in [0.15, 0.2) is 0 Å². The Bertz CT molecular complexity index is 342. The lowest BCUT2D eigenvalue weighted by molar-refractivity contribution is -0.120. The van der Waals surface area contributed by atoms with Crippen molar-refractivity contribution in [2.24, 2.45) is 0 Å². The minimum Gasteiger partial charge on any atom is -0.345 e. The fourth-order valence-corrected chi connectivity index (χ4v) is 1.89. The third-order valence-electron chi connectivity index (χ3n) is 1.73. The number of hydrogen-bond acceptors (Lipinski definition) is 2. The maximum Gasteiger partial charge on any atom is 0.221 e. The molecule has 3 heteroatoms. The number of rotatable bonds is 5. The third kappa shape index (κ3) is 5.14. The van der Waals surface area contributed by atoms with Crippen LogP contribution in [0.5, 0.6) is 0 Å². The van der Waals surface area contributed by atoms with Crippen LogP contribution in [0.25, 0.3) is 0 Å². The molecule has 0 saturated heterocycles. The summed E-state index contributed by atoms with van der Waals surface area (Å²) in [4.78, 5) is 12.4. The zero-order valence-electron chi connectivity index (χ0n) is 8.40.